The molecule has 1 saturated carbocycles. The summed E-state index contributed by atoms with van der Waals surface area (Å²) in [5.41, 5.74) is 6.81. The Kier molecular flexibility index (Phi) is 3.65. The molecule has 0 aromatic rings. The van der Waals surface area contributed by atoms with Crippen LogP contribution in [-0.2, 0) is 9.47 Å². The van der Waals surface area contributed by atoms with Gasteiger partial charge in [-0.25, -0.2) is 0 Å². The minimum absolute atomic E-state index is 0.224. The van der Waals surface area contributed by atoms with Crippen molar-refractivity contribution in [2.24, 2.45) is 17.6 Å². The average Bonchev–Trinajstić information content (AvgIpc) is 2.84. The van der Waals surface area contributed by atoms with Gasteiger partial charge in [0.25, 0.3) is 0 Å². The standard InChI is InChI=1S/C15H27NO2/c1-2-13-12(5-8-17-13)14(16)11-4-9-18-15(10-11)6-3-7-15/h11-14H,2-10,16H2,1H3. The van der Waals surface area contributed by atoms with Crippen LogP contribution in [0, 0.1) is 11.8 Å². The summed E-state index contributed by atoms with van der Waals surface area (Å²) in [7, 11) is 0. The molecule has 3 fully saturated rings. The van der Waals surface area contributed by atoms with Gasteiger partial charge < -0.3 is 15.2 Å². The first-order valence-electron chi connectivity index (χ1n) is 7.75. The zero-order chi connectivity index (χ0) is 12.6. The Hall–Kier alpha value is -0.120. The van der Waals surface area contributed by atoms with Gasteiger partial charge in [-0.3, -0.25) is 0 Å². The molecule has 18 heavy (non-hydrogen) atoms. The van der Waals surface area contributed by atoms with Crippen LogP contribution in [0.3, 0.4) is 0 Å². The van der Waals surface area contributed by atoms with Crippen LogP contribution >= 0.6 is 0 Å². The molecule has 2 aliphatic heterocycles. The first-order valence-corrected chi connectivity index (χ1v) is 7.75. The first kappa shape index (κ1) is 12.9. The van der Waals surface area contributed by atoms with Crippen LogP contribution in [0.5, 0.6) is 0 Å². The molecule has 3 aliphatic rings. The smallest absolute Gasteiger partial charge is 0.0685 e. The molecule has 0 amide bonds. The summed E-state index contributed by atoms with van der Waals surface area (Å²) in [6.07, 6.45) is 8.86. The van der Waals surface area contributed by atoms with Gasteiger partial charge in [-0.15, -0.1) is 0 Å². The Labute approximate surface area is 110 Å². The molecule has 4 atom stereocenters. The maximum absolute atomic E-state index is 6.58. The van der Waals surface area contributed by atoms with Crippen molar-refractivity contribution in [1.29, 1.82) is 0 Å². The molecule has 2 heterocycles. The molecule has 2 N–H and O–H groups in total. The van der Waals surface area contributed by atoms with Crippen LogP contribution < -0.4 is 5.73 Å². The Balaban J connectivity index is 1.62. The van der Waals surface area contributed by atoms with E-state index in [1.54, 1.807) is 0 Å². The number of rotatable bonds is 3. The second-order valence-corrected chi connectivity index (χ2v) is 6.49. The predicted octanol–water partition coefficient (Wildman–Crippen LogP) is 2.48. The fourth-order valence-corrected chi connectivity index (χ4v) is 4.19. The third kappa shape index (κ3) is 2.21. The van der Waals surface area contributed by atoms with Crippen molar-refractivity contribution in [2.75, 3.05) is 13.2 Å². The average molecular weight is 253 g/mol. The van der Waals surface area contributed by atoms with E-state index < -0.39 is 0 Å². The minimum Gasteiger partial charge on any atom is -0.378 e. The molecule has 0 aromatic heterocycles. The molecule has 104 valence electrons. The largest absolute Gasteiger partial charge is 0.378 e. The van der Waals surface area contributed by atoms with Crippen LogP contribution in [0.4, 0.5) is 0 Å². The summed E-state index contributed by atoms with van der Waals surface area (Å²) in [5.74, 6) is 1.23. The lowest BCUT2D eigenvalue weighted by atomic mass is 9.68. The molecule has 3 rings (SSSR count). The van der Waals surface area contributed by atoms with Gasteiger partial charge in [-0.1, -0.05) is 6.92 Å². The Bertz CT molecular complexity index is 290. The molecule has 0 bridgehead atoms. The van der Waals surface area contributed by atoms with Gasteiger partial charge >= 0.3 is 0 Å². The van der Waals surface area contributed by atoms with E-state index in [0.29, 0.717) is 24.0 Å². The number of ether oxygens (including phenoxy) is 2. The zero-order valence-corrected chi connectivity index (χ0v) is 11.6. The van der Waals surface area contributed by atoms with E-state index >= 15 is 0 Å². The van der Waals surface area contributed by atoms with Crippen LogP contribution in [0.15, 0.2) is 0 Å². The molecule has 1 spiro atoms. The second kappa shape index (κ2) is 5.10. The van der Waals surface area contributed by atoms with Gasteiger partial charge in [-0.05, 0) is 50.9 Å². The normalized spacial score (nSPS) is 40.7. The lowest BCUT2D eigenvalue weighted by molar-refractivity contribution is -0.148. The van der Waals surface area contributed by atoms with Crippen LogP contribution in [0.25, 0.3) is 0 Å². The monoisotopic (exact) mass is 253 g/mol. The SMILES string of the molecule is CCC1OCCC1C(N)C1CCOC2(CCC2)C1. The Morgan fingerprint density at radius 3 is 2.78 bits per heavy atom. The van der Waals surface area contributed by atoms with E-state index in [1.807, 2.05) is 0 Å². The second-order valence-electron chi connectivity index (χ2n) is 6.49. The van der Waals surface area contributed by atoms with Gasteiger partial charge in [0.1, 0.15) is 0 Å². The summed E-state index contributed by atoms with van der Waals surface area (Å²) in [6.45, 7) is 4.04. The van der Waals surface area contributed by atoms with E-state index in [0.717, 1.165) is 32.5 Å². The van der Waals surface area contributed by atoms with Gasteiger partial charge in [0.2, 0.25) is 0 Å². The summed E-state index contributed by atoms with van der Waals surface area (Å²) >= 11 is 0. The van der Waals surface area contributed by atoms with Gasteiger partial charge in [0.05, 0.1) is 11.7 Å². The van der Waals surface area contributed by atoms with E-state index in [-0.39, 0.29) is 5.60 Å². The van der Waals surface area contributed by atoms with Crippen LogP contribution in [0.1, 0.15) is 51.9 Å². The molecule has 0 aromatic carbocycles. The topological polar surface area (TPSA) is 44.5 Å². The molecular formula is C15H27NO2. The van der Waals surface area contributed by atoms with Crippen molar-refractivity contribution in [3.05, 3.63) is 0 Å². The van der Waals surface area contributed by atoms with Gasteiger partial charge in [0.15, 0.2) is 0 Å². The van der Waals surface area contributed by atoms with Gasteiger partial charge in [0, 0.05) is 25.2 Å². The number of nitrogens with two attached hydrogens (primary N) is 1. The molecule has 0 radical (unpaired) electrons. The highest BCUT2D eigenvalue weighted by atomic mass is 16.5. The minimum atomic E-state index is 0.224. The van der Waals surface area contributed by atoms with Crippen molar-refractivity contribution in [3.8, 4) is 0 Å². The lowest BCUT2D eigenvalue weighted by Crippen LogP contribution is -2.51. The van der Waals surface area contributed by atoms with E-state index in [1.165, 1.54) is 25.7 Å². The predicted molar refractivity (Wildman–Crippen MR) is 71.4 cm³/mol. The maximum Gasteiger partial charge on any atom is 0.0685 e. The quantitative estimate of drug-likeness (QED) is 0.840. The molecule has 4 unspecified atom stereocenters. The molecule has 1 aliphatic carbocycles. The van der Waals surface area contributed by atoms with Gasteiger partial charge in [-0.2, -0.15) is 0 Å². The summed E-state index contributed by atoms with van der Waals surface area (Å²) < 4.78 is 11.8. The third-order valence-corrected chi connectivity index (χ3v) is 5.50. The zero-order valence-electron chi connectivity index (χ0n) is 11.6. The summed E-state index contributed by atoms with van der Waals surface area (Å²) in [5, 5.41) is 0. The molecule has 3 heteroatoms. The Morgan fingerprint density at radius 2 is 2.11 bits per heavy atom. The molecule has 2 saturated heterocycles. The Morgan fingerprint density at radius 1 is 1.28 bits per heavy atom. The van der Waals surface area contributed by atoms with Crippen LogP contribution in [0.2, 0.25) is 0 Å². The van der Waals surface area contributed by atoms with Crippen molar-refractivity contribution >= 4 is 0 Å². The highest BCUT2D eigenvalue weighted by Gasteiger charge is 2.46. The van der Waals surface area contributed by atoms with Crippen molar-refractivity contribution in [1.82, 2.24) is 0 Å². The van der Waals surface area contributed by atoms with E-state index in [9.17, 15) is 0 Å². The number of hydrogen-bond acceptors (Lipinski definition) is 3. The first-order chi connectivity index (χ1) is 8.74. The molecule has 3 nitrogen and oxygen atoms in total. The maximum atomic E-state index is 6.58. The summed E-state index contributed by atoms with van der Waals surface area (Å²) in [4.78, 5) is 0. The number of hydrogen-bond donors (Lipinski definition) is 1. The molecular weight excluding hydrogens is 226 g/mol. The highest BCUT2D eigenvalue weighted by Crippen LogP contribution is 2.46. The van der Waals surface area contributed by atoms with Crippen LogP contribution in [-0.4, -0.2) is 31.0 Å². The fraction of sp³-hybridized carbons (Fsp3) is 1.00. The van der Waals surface area contributed by atoms with Crippen molar-refractivity contribution < 1.29 is 9.47 Å². The van der Waals surface area contributed by atoms with Crippen molar-refractivity contribution in [3.63, 3.8) is 0 Å². The van der Waals surface area contributed by atoms with Crippen molar-refractivity contribution in [2.45, 2.75) is 69.6 Å². The highest BCUT2D eigenvalue weighted by molar-refractivity contribution is 4.98. The lowest BCUT2D eigenvalue weighted by Gasteiger charge is -2.49. The van der Waals surface area contributed by atoms with E-state index in [4.69, 9.17) is 15.2 Å². The fourth-order valence-electron chi connectivity index (χ4n) is 4.19. The van der Waals surface area contributed by atoms with E-state index in [2.05, 4.69) is 6.92 Å². The summed E-state index contributed by atoms with van der Waals surface area (Å²) in [6, 6.07) is 0.318. The third-order valence-electron chi connectivity index (χ3n) is 5.50.